The fourth-order valence-electron chi connectivity index (χ4n) is 5.29. The minimum Gasteiger partial charge on any atom is -0.341 e. The summed E-state index contributed by atoms with van der Waals surface area (Å²) in [6, 6.07) is 17.9. The molecule has 1 atom stereocenters. The largest absolute Gasteiger partial charge is 0.416 e. The van der Waals surface area contributed by atoms with Crippen LogP contribution in [-0.2, 0) is 41.0 Å². The van der Waals surface area contributed by atoms with Gasteiger partial charge >= 0.3 is 6.18 Å². The Morgan fingerprint density at radius 3 is 2.15 bits per heavy atom. The number of aromatic nitrogens is 3. The van der Waals surface area contributed by atoms with Crippen molar-refractivity contribution in [1.82, 2.24) is 24.6 Å². The maximum atomic E-state index is 14.0. The molecule has 0 radical (unpaired) electrons. The molecule has 5 rings (SSSR count). The van der Waals surface area contributed by atoms with Gasteiger partial charge in [0, 0.05) is 38.4 Å². The van der Waals surface area contributed by atoms with Gasteiger partial charge in [-0.3, -0.25) is 14.4 Å². The van der Waals surface area contributed by atoms with Crippen molar-refractivity contribution in [2.45, 2.75) is 62.4 Å². The standard InChI is InChI=1S/C34H33F4N5O3S/c1-3-29-32(46)39-33(47-21-23-6-14-27(35)15-7-23)43(40-29)20-31(45)42(19-28-16-17-30(44)41(28)2)18-22-4-8-24(9-5-22)25-10-12-26(13-11-25)34(36,37)38/h4-15,28H,3,16-21H2,1-2H3. The summed E-state index contributed by atoms with van der Waals surface area (Å²) in [4.78, 5) is 46.3. The first-order valence-corrected chi connectivity index (χ1v) is 16.0. The molecule has 3 aromatic carbocycles. The maximum absolute atomic E-state index is 14.0. The molecular formula is C34H33F4N5O3S. The van der Waals surface area contributed by atoms with Crippen molar-refractivity contribution in [2.24, 2.45) is 0 Å². The Morgan fingerprint density at radius 2 is 1.57 bits per heavy atom. The number of aryl methyl sites for hydroxylation is 1. The molecule has 47 heavy (non-hydrogen) atoms. The second kappa shape index (κ2) is 14.5. The predicted molar refractivity (Wildman–Crippen MR) is 170 cm³/mol. The molecule has 0 aliphatic carbocycles. The molecule has 0 spiro atoms. The molecule has 1 unspecified atom stereocenters. The first-order valence-electron chi connectivity index (χ1n) is 15.1. The number of alkyl halides is 3. The van der Waals surface area contributed by atoms with Gasteiger partial charge in [0.25, 0.3) is 5.56 Å². The van der Waals surface area contributed by atoms with Gasteiger partial charge < -0.3 is 9.80 Å². The van der Waals surface area contributed by atoms with Gasteiger partial charge in [0.15, 0.2) is 5.16 Å². The van der Waals surface area contributed by atoms with Crippen LogP contribution in [-0.4, -0.2) is 56.0 Å². The summed E-state index contributed by atoms with van der Waals surface area (Å²) in [5, 5.41) is 4.70. The number of hydrogen-bond acceptors (Lipinski definition) is 6. The molecule has 2 heterocycles. The van der Waals surface area contributed by atoms with Crippen LogP contribution in [0.2, 0.25) is 0 Å². The highest BCUT2D eigenvalue weighted by Crippen LogP contribution is 2.31. The third-order valence-corrected chi connectivity index (χ3v) is 9.13. The number of rotatable bonds is 11. The quantitative estimate of drug-likeness (QED) is 0.145. The van der Waals surface area contributed by atoms with Crippen molar-refractivity contribution in [3.05, 3.63) is 111 Å². The molecule has 4 aromatic rings. The molecule has 0 N–H and O–H groups in total. The fraction of sp³-hybridized carbons (Fsp3) is 0.324. The van der Waals surface area contributed by atoms with Gasteiger partial charge in [-0.1, -0.05) is 67.2 Å². The lowest BCUT2D eigenvalue weighted by Crippen LogP contribution is -2.44. The molecule has 1 aliphatic rings. The van der Waals surface area contributed by atoms with E-state index >= 15 is 0 Å². The Kier molecular flexibility index (Phi) is 10.4. The molecule has 8 nitrogen and oxygen atoms in total. The SMILES string of the molecule is CCc1nn(CC(=O)N(Cc2ccc(-c3ccc(C(F)(F)F)cc3)cc2)CC2CCC(=O)N2C)c(SCc2ccc(F)cc2)nc1=O. The van der Waals surface area contributed by atoms with Gasteiger partial charge in [-0.05, 0) is 59.4 Å². The van der Waals surface area contributed by atoms with E-state index in [1.165, 1.54) is 40.7 Å². The van der Waals surface area contributed by atoms with Crippen molar-refractivity contribution >= 4 is 23.6 Å². The van der Waals surface area contributed by atoms with E-state index in [0.717, 1.165) is 28.8 Å². The second-order valence-corrected chi connectivity index (χ2v) is 12.3. The Balaban J connectivity index is 1.37. The minimum atomic E-state index is -4.42. The molecule has 1 fully saturated rings. The molecule has 2 amide bonds. The van der Waals surface area contributed by atoms with E-state index in [0.29, 0.717) is 30.6 Å². The van der Waals surface area contributed by atoms with Crippen molar-refractivity contribution in [3.63, 3.8) is 0 Å². The van der Waals surface area contributed by atoms with E-state index in [-0.39, 0.29) is 54.2 Å². The Labute approximate surface area is 273 Å². The van der Waals surface area contributed by atoms with Crippen molar-refractivity contribution in [1.29, 1.82) is 0 Å². The number of benzene rings is 3. The smallest absolute Gasteiger partial charge is 0.341 e. The van der Waals surface area contributed by atoms with Crippen LogP contribution in [0.1, 0.15) is 42.1 Å². The molecule has 246 valence electrons. The van der Waals surface area contributed by atoms with Crippen LogP contribution in [0.15, 0.2) is 82.7 Å². The van der Waals surface area contributed by atoms with Crippen LogP contribution in [0.4, 0.5) is 17.6 Å². The molecule has 13 heteroatoms. The summed E-state index contributed by atoms with van der Waals surface area (Å²) in [7, 11) is 1.71. The molecule has 1 aromatic heterocycles. The highest BCUT2D eigenvalue weighted by Gasteiger charge is 2.32. The van der Waals surface area contributed by atoms with E-state index in [2.05, 4.69) is 10.1 Å². The molecule has 1 aliphatic heterocycles. The second-order valence-electron chi connectivity index (χ2n) is 11.3. The van der Waals surface area contributed by atoms with Gasteiger partial charge in [-0.2, -0.15) is 23.3 Å². The van der Waals surface area contributed by atoms with Crippen LogP contribution in [0, 0.1) is 5.82 Å². The summed E-state index contributed by atoms with van der Waals surface area (Å²) < 4.78 is 53.8. The zero-order chi connectivity index (χ0) is 33.7. The number of carbonyl (C=O) groups is 2. The fourth-order valence-corrected chi connectivity index (χ4v) is 6.18. The Bertz CT molecular complexity index is 1780. The molecular weight excluding hydrogens is 634 g/mol. The van der Waals surface area contributed by atoms with Crippen molar-refractivity contribution in [3.8, 4) is 11.1 Å². The number of likely N-dealkylation sites (N-methyl/N-ethyl adjacent to an activating group) is 1. The van der Waals surface area contributed by atoms with E-state index in [1.54, 1.807) is 48.0 Å². The zero-order valence-electron chi connectivity index (χ0n) is 25.8. The predicted octanol–water partition coefficient (Wildman–Crippen LogP) is 5.97. The lowest BCUT2D eigenvalue weighted by atomic mass is 10.0. The third kappa shape index (κ3) is 8.45. The minimum absolute atomic E-state index is 0.00152. The number of hydrogen-bond donors (Lipinski definition) is 0. The van der Waals surface area contributed by atoms with Crippen molar-refractivity contribution < 1.29 is 27.2 Å². The van der Waals surface area contributed by atoms with E-state index < -0.39 is 17.3 Å². The summed E-state index contributed by atoms with van der Waals surface area (Å²) >= 11 is 1.21. The average molecular weight is 668 g/mol. The maximum Gasteiger partial charge on any atom is 0.416 e. The number of carbonyl (C=O) groups excluding carboxylic acids is 2. The number of halogens is 4. The van der Waals surface area contributed by atoms with Gasteiger partial charge in [0.05, 0.1) is 5.56 Å². The van der Waals surface area contributed by atoms with E-state index in [4.69, 9.17) is 0 Å². The van der Waals surface area contributed by atoms with Crippen molar-refractivity contribution in [2.75, 3.05) is 13.6 Å². The van der Waals surface area contributed by atoms with Gasteiger partial charge in [-0.25, -0.2) is 9.07 Å². The number of nitrogens with zero attached hydrogens (tertiary/aromatic N) is 5. The Morgan fingerprint density at radius 1 is 0.957 bits per heavy atom. The van der Waals surface area contributed by atoms with E-state index in [9.17, 15) is 31.9 Å². The van der Waals surface area contributed by atoms with Gasteiger partial charge in [0.2, 0.25) is 11.8 Å². The van der Waals surface area contributed by atoms with E-state index in [1.807, 2.05) is 12.1 Å². The normalized spacial score (nSPS) is 14.9. The molecule has 0 saturated carbocycles. The average Bonchev–Trinajstić information content (AvgIpc) is 3.37. The van der Waals surface area contributed by atoms with Crippen LogP contribution < -0.4 is 5.56 Å². The van der Waals surface area contributed by atoms with Crippen LogP contribution >= 0.6 is 11.8 Å². The number of likely N-dealkylation sites (tertiary alicyclic amines) is 1. The Hall–Kier alpha value is -4.52. The summed E-state index contributed by atoms with van der Waals surface area (Å²) in [6.45, 7) is 2.04. The van der Waals surface area contributed by atoms with Gasteiger partial charge in [0.1, 0.15) is 18.1 Å². The monoisotopic (exact) mass is 667 g/mol. The van der Waals surface area contributed by atoms with Crippen LogP contribution in [0.25, 0.3) is 11.1 Å². The molecule has 0 bridgehead atoms. The first kappa shape index (κ1) is 33.8. The summed E-state index contributed by atoms with van der Waals surface area (Å²) in [5.41, 5.74) is 1.95. The molecule has 1 saturated heterocycles. The lowest BCUT2D eigenvalue weighted by molar-refractivity contribution is -0.137. The zero-order valence-corrected chi connectivity index (χ0v) is 26.7. The van der Waals surface area contributed by atoms with Gasteiger partial charge in [-0.15, -0.1) is 0 Å². The van der Waals surface area contributed by atoms with Crippen LogP contribution in [0.3, 0.4) is 0 Å². The number of thioether (sulfide) groups is 1. The van der Waals surface area contributed by atoms with Crippen LogP contribution in [0.5, 0.6) is 0 Å². The highest BCUT2D eigenvalue weighted by atomic mass is 32.2. The first-order chi connectivity index (χ1) is 22.4. The third-order valence-electron chi connectivity index (χ3n) is 8.10. The summed E-state index contributed by atoms with van der Waals surface area (Å²) in [6.07, 6.45) is -3.10. The summed E-state index contributed by atoms with van der Waals surface area (Å²) in [5.74, 6) is -0.287. The topological polar surface area (TPSA) is 88.4 Å². The highest BCUT2D eigenvalue weighted by molar-refractivity contribution is 7.98. The number of amides is 2. The lowest BCUT2D eigenvalue weighted by Gasteiger charge is -2.29.